The summed E-state index contributed by atoms with van der Waals surface area (Å²) in [6.07, 6.45) is 4.92. The Labute approximate surface area is 118 Å². The van der Waals surface area contributed by atoms with Crippen molar-refractivity contribution < 1.29 is 14.3 Å². The molecule has 0 saturated heterocycles. The predicted octanol–water partition coefficient (Wildman–Crippen LogP) is 2.75. The molecule has 1 aliphatic carbocycles. The van der Waals surface area contributed by atoms with Gasteiger partial charge in [0.1, 0.15) is 0 Å². The lowest BCUT2D eigenvalue weighted by molar-refractivity contribution is 0.0421. The number of ether oxygens (including phenoxy) is 1. The van der Waals surface area contributed by atoms with E-state index in [0.29, 0.717) is 11.1 Å². The van der Waals surface area contributed by atoms with Crippen molar-refractivity contribution >= 4 is 11.8 Å². The van der Waals surface area contributed by atoms with E-state index in [1.807, 2.05) is 0 Å². The van der Waals surface area contributed by atoms with Gasteiger partial charge in [0.05, 0.1) is 23.5 Å². The first-order chi connectivity index (χ1) is 9.72. The van der Waals surface area contributed by atoms with Gasteiger partial charge in [0.2, 0.25) is 0 Å². The van der Waals surface area contributed by atoms with Crippen LogP contribution in [0.15, 0.2) is 37.1 Å². The van der Waals surface area contributed by atoms with Gasteiger partial charge in [-0.1, -0.05) is 18.7 Å². The molecule has 1 saturated carbocycles. The van der Waals surface area contributed by atoms with Crippen LogP contribution in [0.3, 0.4) is 0 Å². The first kappa shape index (κ1) is 12.9. The minimum absolute atomic E-state index is 0.00735. The Hall–Kier alpha value is -2.10. The zero-order valence-corrected chi connectivity index (χ0v) is 11.2. The second kappa shape index (κ2) is 5.12. The van der Waals surface area contributed by atoms with Gasteiger partial charge in [-0.25, -0.2) is 0 Å². The summed E-state index contributed by atoms with van der Waals surface area (Å²) in [6, 6.07) is 7.03. The first-order valence-corrected chi connectivity index (χ1v) is 6.95. The van der Waals surface area contributed by atoms with E-state index in [2.05, 4.69) is 6.58 Å². The molecular formula is C16H17NO3. The molecule has 4 heteroatoms. The Balaban J connectivity index is 1.76. The summed E-state index contributed by atoms with van der Waals surface area (Å²) in [4.78, 5) is 26.2. The molecule has 20 heavy (non-hydrogen) atoms. The molecule has 4 nitrogen and oxygen atoms in total. The summed E-state index contributed by atoms with van der Waals surface area (Å²) in [5.41, 5.74) is 1.06. The van der Waals surface area contributed by atoms with Crippen LogP contribution in [0.4, 0.5) is 0 Å². The van der Waals surface area contributed by atoms with E-state index in [1.165, 1.54) is 11.2 Å². The molecule has 2 amide bonds. The third kappa shape index (κ3) is 2.01. The molecule has 1 heterocycles. The van der Waals surface area contributed by atoms with Crippen molar-refractivity contribution in [1.29, 1.82) is 0 Å². The average Bonchev–Trinajstić information content (AvgIpc) is 2.73. The van der Waals surface area contributed by atoms with Crippen LogP contribution in [0.2, 0.25) is 0 Å². The van der Waals surface area contributed by atoms with Crippen LogP contribution < -0.4 is 0 Å². The van der Waals surface area contributed by atoms with Crippen LogP contribution in [0.1, 0.15) is 46.4 Å². The summed E-state index contributed by atoms with van der Waals surface area (Å²) in [7, 11) is 0. The number of imide groups is 1. The number of hydrogen-bond donors (Lipinski definition) is 0. The Morgan fingerprint density at radius 3 is 2.10 bits per heavy atom. The summed E-state index contributed by atoms with van der Waals surface area (Å²) in [5.74, 6) is -0.308. The van der Waals surface area contributed by atoms with Crippen molar-refractivity contribution in [2.45, 2.75) is 37.8 Å². The van der Waals surface area contributed by atoms with E-state index in [-0.39, 0.29) is 24.0 Å². The highest BCUT2D eigenvalue weighted by atomic mass is 16.5. The Kier molecular flexibility index (Phi) is 3.30. The van der Waals surface area contributed by atoms with Crippen LogP contribution in [-0.4, -0.2) is 28.9 Å². The zero-order chi connectivity index (χ0) is 14.1. The molecule has 0 unspecified atom stereocenters. The molecule has 0 atom stereocenters. The monoisotopic (exact) mass is 271 g/mol. The van der Waals surface area contributed by atoms with Gasteiger partial charge in [-0.3, -0.25) is 14.5 Å². The lowest BCUT2D eigenvalue weighted by Crippen LogP contribution is -2.42. The molecule has 0 aromatic heterocycles. The average molecular weight is 271 g/mol. The second-order valence-electron chi connectivity index (χ2n) is 5.26. The van der Waals surface area contributed by atoms with Crippen LogP contribution in [0.5, 0.6) is 0 Å². The maximum atomic E-state index is 12.4. The van der Waals surface area contributed by atoms with Gasteiger partial charge in [-0.15, -0.1) is 0 Å². The SMILES string of the molecule is C=CO[C@H]1CC[C@H](N2C(=O)c3ccccc3C2=O)CC1. The second-order valence-corrected chi connectivity index (χ2v) is 5.26. The van der Waals surface area contributed by atoms with E-state index in [0.717, 1.165) is 25.7 Å². The number of hydrogen-bond acceptors (Lipinski definition) is 3. The highest BCUT2D eigenvalue weighted by Crippen LogP contribution is 2.31. The summed E-state index contributed by atoms with van der Waals surface area (Å²) in [5, 5.41) is 0. The minimum Gasteiger partial charge on any atom is -0.499 e. The Morgan fingerprint density at radius 1 is 1.05 bits per heavy atom. The minimum atomic E-state index is -0.154. The van der Waals surface area contributed by atoms with Crippen molar-refractivity contribution in [3.05, 3.63) is 48.2 Å². The molecule has 0 N–H and O–H groups in total. The molecule has 1 fully saturated rings. The molecule has 1 aromatic rings. The molecular weight excluding hydrogens is 254 g/mol. The van der Waals surface area contributed by atoms with Crippen LogP contribution >= 0.6 is 0 Å². The molecule has 2 aliphatic rings. The molecule has 3 rings (SSSR count). The molecule has 0 bridgehead atoms. The quantitative estimate of drug-likeness (QED) is 0.627. The smallest absolute Gasteiger partial charge is 0.261 e. The molecule has 1 aliphatic heterocycles. The highest BCUT2D eigenvalue weighted by molar-refractivity contribution is 6.21. The van der Waals surface area contributed by atoms with E-state index in [4.69, 9.17) is 4.74 Å². The highest BCUT2D eigenvalue weighted by Gasteiger charge is 2.40. The Morgan fingerprint density at radius 2 is 1.60 bits per heavy atom. The fraction of sp³-hybridized carbons (Fsp3) is 0.375. The van der Waals surface area contributed by atoms with E-state index < -0.39 is 0 Å². The lowest BCUT2D eigenvalue weighted by atomic mass is 9.92. The summed E-state index contributed by atoms with van der Waals surface area (Å²) < 4.78 is 5.38. The number of rotatable bonds is 3. The molecule has 1 aromatic carbocycles. The normalized spacial score (nSPS) is 25.5. The fourth-order valence-electron chi connectivity index (χ4n) is 3.12. The lowest BCUT2D eigenvalue weighted by Gasteiger charge is -2.32. The number of nitrogens with zero attached hydrogens (tertiary/aromatic N) is 1. The van der Waals surface area contributed by atoms with Crippen molar-refractivity contribution in [3.8, 4) is 0 Å². The Bertz CT molecular complexity index is 524. The predicted molar refractivity (Wildman–Crippen MR) is 74.3 cm³/mol. The van der Waals surface area contributed by atoms with E-state index >= 15 is 0 Å². The van der Waals surface area contributed by atoms with Crippen LogP contribution in [0, 0.1) is 0 Å². The van der Waals surface area contributed by atoms with Crippen LogP contribution in [0.25, 0.3) is 0 Å². The van der Waals surface area contributed by atoms with Crippen molar-refractivity contribution in [3.63, 3.8) is 0 Å². The van der Waals surface area contributed by atoms with Gasteiger partial charge in [-0.2, -0.15) is 0 Å². The number of fused-ring (bicyclic) bond motifs is 1. The van der Waals surface area contributed by atoms with Gasteiger partial charge < -0.3 is 4.74 Å². The molecule has 104 valence electrons. The van der Waals surface area contributed by atoms with Crippen molar-refractivity contribution in [2.24, 2.45) is 0 Å². The standard InChI is InChI=1S/C16H17NO3/c1-2-20-12-9-7-11(8-10-12)17-15(18)13-5-3-4-6-14(13)16(17)19/h2-6,11-12H,1,7-10H2/t11-,12-. The molecule has 0 spiro atoms. The maximum absolute atomic E-state index is 12.4. The van der Waals surface area contributed by atoms with Gasteiger partial charge in [0.25, 0.3) is 11.8 Å². The third-order valence-electron chi connectivity index (χ3n) is 4.12. The fourth-order valence-corrected chi connectivity index (χ4v) is 3.12. The summed E-state index contributed by atoms with van der Waals surface area (Å²) >= 11 is 0. The zero-order valence-electron chi connectivity index (χ0n) is 11.2. The van der Waals surface area contributed by atoms with Crippen LogP contribution in [-0.2, 0) is 4.74 Å². The van der Waals surface area contributed by atoms with Gasteiger partial charge in [0, 0.05) is 6.04 Å². The van der Waals surface area contributed by atoms with E-state index in [1.54, 1.807) is 24.3 Å². The number of amides is 2. The summed E-state index contributed by atoms with van der Waals surface area (Å²) in [6.45, 7) is 3.56. The topological polar surface area (TPSA) is 46.6 Å². The number of carbonyl (C=O) groups is 2. The first-order valence-electron chi connectivity index (χ1n) is 6.95. The van der Waals surface area contributed by atoms with Gasteiger partial charge in [0.15, 0.2) is 0 Å². The number of carbonyl (C=O) groups excluding carboxylic acids is 2. The third-order valence-corrected chi connectivity index (χ3v) is 4.12. The van der Waals surface area contributed by atoms with E-state index in [9.17, 15) is 9.59 Å². The largest absolute Gasteiger partial charge is 0.499 e. The van der Waals surface area contributed by atoms with Crippen molar-refractivity contribution in [1.82, 2.24) is 4.90 Å². The van der Waals surface area contributed by atoms with Gasteiger partial charge in [-0.05, 0) is 37.8 Å². The van der Waals surface area contributed by atoms with Crippen molar-refractivity contribution in [2.75, 3.05) is 0 Å². The number of benzene rings is 1. The maximum Gasteiger partial charge on any atom is 0.261 e. The van der Waals surface area contributed by atoms with Gasteiger partial charge >= 0.3 is 0 Å². The molecule has 0 radical (unpaired) electrons.